The quantitative estimate of drug-likeness (QED) is 0.222. The van der Waals surface area contributed by atoms with Gasteiger partial charge < -0.3 is 28.9 Å². The molecule has 0 N–H and O–H groups in total. The van der Waals surface area contributed by atoms with E-state index in [1.165, 1.54) is 11.1 Å². The van der Waals surface area contributed by atoms with Gasteiger partial charge in [0.15, 0.2) is 6.61 Å². The maximum Gasteiger partial charge on any atom is 0.410 e. The number of likely N-dealkylation sites (tertiary alicyclic amines) is 1. The minimum atomic E-state index is -0.648. The van der Waals surface area contributed by atoms with Crippen molar-refractivity contribution in [3.8, 4) is 16.9 Å². The summed E-state index contributed by atoms with van der Waals surface area (Å²) in [7, 11) is 1.65. The number of anilines is 2. The Morgan fingerprint density at radius 2 is 1.82 bits per heavy atom. The summed E-state index contributed by atoms with van der Waals surface area (Å²) in [5, 5.41) is 0. The molecule has 4 aliphatic rings. The molecule has 0 aromatic heterocycles. The maximum atomic E-state index is 15.0. The van der Waals surface area contributed by atoms with Gasteiger partial charge in [0.05, 0.1) is 11.6 Å². The third kappa shape index (κ3) is 7.15. The zero-order valence-corrected chi connectivity index (χ0v) is 29.5. The van der Waals surface area contributed by atoms with Crippen LogP contribution in [0.5, 0.6) is 5.75 Å². The molecule has 3 aromatic rings. The molecule has 3 amide bonds. The smallest absolute Gasteiger partial charge is 0.410 e. The number of nitrogens with zero attached hydrogens (tertiary/aromatic N) is 3. The monoisotopic (exact) mass is 677 g/mol. The van der Waals surface area contributed by atoms with Crippen LogP contribution in [-0.2, 0) is 25.5 Å². The molecule has 262 valence electrons. The van der Waals surface area contributed by atoms with E-state index in [-0.39, 0.29) is 36.9 Å². The minimum absolute atomic E-state index is 0.0176. The SMILES string of the molecule is COCCCN1C(=O)COc2ccc(N(C(=O)[C@H]3CN(C(=O)OC(C)(C)C)CC[C@@H]3c3cccc(-c4ccc5c(c4)CC=C5)c3)C3CC3)cc21. The molecule has 2 aliphatic heterocycles. The zero-order valence-electron chi connectivity index (χ0n) is 29.5. The largest absolute Gasteiger partial charge is 0.482 e. The lowest BCUT2D eigenvalue weighted by molar-refractivity contribution is -0.124. The molecule has 7 rings (SSSR count). The molecule has 2 aliphatic carbocycles. The summed E-state index contributed by atoms with van der Waals surface area (Å²) < 4.78 is 16.8. The molecular weight excluding hydrogens is 630 g/mol. The van der Waals surface area contributed by atoms with Crippen LogP contribution in [0.2, 0.25) is 0 Å². The molecule has 0 bridgehead atoms. The van der Waals surface area contributed by atoms with Crippen molar-refractivity contribution in [2.75, 3.05) is 49.8 Å². The number of carbonyl (C=O) groups excluding carboxylic acids is 3. The topological polar surface area (TPSA) is 88.6 Å². The first kappa shape index (κ1) is 33.8. The normalized spacial score (nSPS) is 19.9. The van der Waals surface area contributed by atoms with E-state index in [0.717, 1.165) is 41.6 Å². The van der Waals surface area contributed by atoms with Gasteiger partial charge >= 0.3 is 6.09 Å². The Hall–Kier alpha value is -4.63. The van der Waals surface area contributed by atoms with Crippen molar-refractivity contribution in [1.82, 2.24) is 4.90 Å². The third-order valence-electron chi connectivity index (χ3n) is 10.1. The zero-order chi connectivity index (χ0) is 35.0. The fourth-order valence-electron chi connectivity index (χ4n) is 7.46. The van der Waals surface area contributed by atoms with Crippen molar-refractivity contribution in [2.24, 2.45) is 5.92 Å². The Morgan fingerprint density at radius 1 is 1.00 bits per heavy atom. The molecule has 0 radical (unpaired) electrons. The van der Waals surface area contributed by atoms with E-state index in [1.807, 2.05) is 43.9 Å². The Bertz CT molecular complexity index is 1810. The first-order valence-corrected chi connectivity index (χ1v) is 17.9. The molecule has 1 saturated heterocycles. The molecule has 1 saturated carbocycles. The number of methoxy groups -OCH3 is 1. The van der Waals surface area contributed by atoms with Crippen LogP contribution in [0.1, 0.15) is 69.1 Å². The second kappa shape index (κ2) is 13.9. The lowest BCUT2D eigenvalue weighted by Gasteiger charge is -2.41. The van der Waals surface area contributed by atoms with Crippen molar-refractivity contribution in [3.63, 3.8) is 0 Å². The van der Waals surface area contributed by atoms with Gasteiger partial charge in [0.2, 0.25) is 5.91 Å². The van der Waals surface area contributed by atoms with Crippen molar-refractivity contribution < 1.29 is 28.6 Å². The summed E-state index contributed by atoms with van der Waals surface area (Å²) in [5.74, 6) is -0.113. The van der Waals surface area contributed by atoms with Crippen LogP contribution in [0, 0.1) is 5.92 Å². The van der Waals surface area contributed by atoms with E-state index in [4.69, 9.17) is 14.2 Å². The van der Waals surface area contributed by atoms with Crippen LogP contribution >= 0.6 is 0 Å². The number of fused-ring (bicyclic) bond motifs is 2. The van der Waals surface area contributed by atoms with Crippen LogP contribution in [0.3, 0.4) is 0 Å². The highest BCUT2D eigenvalue weighted by atomic mass is 16.6. The van der Waals surface area contributed by atoms with Crippen LogP contribution in [-0.4, -0.2) is 74.4 Å². The standard InChI is InChI=1S/C41H47N3O6/c1-41(2,3)50-40(47)42-20-18-34(31-11-6-10-29(23-31)30-13-12-27-8-5-9-28(27)22-30)35(25-42)39(46)44(32-14-15-32)33-16-17-37-36(24-33)43(19-7-21-48-4)38(45)26-49-37/h5-6,8,10-13,16-17,22-24,32,34-35H,7,9,14-15,18-21,25-26H2,1-4H3/t34-,35+/m1/s1. The summed E-state index contributed by atoms with van der Waals surface area (Å²) in [5.41, 5.74) is 6.70. The van der Waals surface area contributed by atoms with Crippen molar-refractivity contribution in [2.45, 2.75) is 70.4 Å². The average molecular weight is 678 g/mol. The van der Waals surface area contributed by atoms with Gasteiger partial charge in [-0.05, 0) is 105 Å². The molecule has 9 heteroatoms. The number of piperidine rings is 1. The fourth-order valence-corrected chi connectivity index (χ4v) is 7.46. The van der Waals surface area contributed by atoms with Gasteiger partial charge in [-0.15, -0.1) is 0 Å². The van der Waals surface area contributed by atoms with Crippen molar-refractivity contribution in [1.29, 1.82) is 0 Å². The van der Waals surface area contributed by atoms with E-state index >= 15 is 4.79 Å². The summed E-state index contributed by atoms with van der Waals surface area (Å²) in [6.07, 6.45) is 8.00. The number of hydrogen-bond acceptors (Lipinski definition) is 6. The van der Waals surface area contributed by atoms with Gasteiger partial charge in [-0.25, -0.2) is 4.79 Å². The van der Waals surface area contributed by atoms with E-state index in [1.54, 1.807) is 16.9 Å². The summed E-state index contributed by atoms with van der Waals surface area (Å²) in [6, 6.07) is 20.9. The molecule has 9 nitrogen and oxygen atoms in total. The molecule has 0 unspecified atom stereocenters. The highest BCUT2D eigenvalue weighted by Crippen LogP contribution is 2.43. The predicted octanol–water partition coefficient (Wildman–Crippen LogP) is 7.22. The van der Waals surface area contributed by atoms with Crippen molar-refractivity contribution in [3.05, 3.63) is 83.4 Å². The van der Waals surface area contributed by atoms with Gasteiger partial charge in [0, 0.05) is 45.1 Å². The Morgan fingerprint density at radius 3 is 2.60 bits per heavy atom. The second-order valence-corrected chi connectivity index (χ2v) is 14.8. The molecule has 2 atom stereocenters. The van der Waals surface area contributed by atoms with E-state index in [9.17, 15) is 9.59 Å². The number of ether oxygens (including phenoxy) is 3. The Kier molecular flexibility index (Phi) is 9.44. The number of allylic oxidation sites excluding steroid dienone is 1. The van der Waals surface area contributed by atoms with Crippen LogP contribution in [0.4, 0.5) is 16.2 Å². The molecular formula is C41H47N3O6. The Balaban J connectivity index is 1.22. The van der Waals surface area contributed by atoms with Gasteiger partial charge in [-0.2, -0.15) is 0 Å². The van der Waals surface area contributed by atoms with Crippen LogP contribution in [0.25, 0.3) is 17.2 Å². The highest BCUT2D eigenvalue weighted by Gasteiger charge is 2.44. The van der Waals surface area contributed by atoms with E-state index in [0.29, 0.717) is 44.0 Å². The molecule has 2 heterocycles. The van der Waals surface area contributed by atoms with Gasteiger partial charge in [-0.1, -0.05) is 54.6 Å². The summed E-state index contributed by atoms with van der Waals surface area (Å²) in [6.45, 7) is 7.35. The van der Waals surface area contributed by atoms with Gasteiger partial charge in [-0.3, -0.25) is 9.59 Å². The fraction of sp³-hybridized carbons (Fsp3) is 0.439. The highest BCUT2D eigenvalue weighted by molar-refractivity contribution is 6.01. The lowest BCUT2D eigenvalue weighted by Crippen LogP contribution is -2.51. The number of rotatable bonds is 9. The van der Waals surface area contributed by atoms with Crippen LogP contribution < -0.4 is 14.5 Å². The summed E-state index contributed by atoms with van der Waals surface area (Å²) >= 11 is 0. The average Bonchev–Trinajstić information content (AvgIpc) is 3.82. The summed E-state index contributed by atoms with van der Waals surface area (Å²) in [4.78, 5) is 46.8. The number of carbonyl (C=O) groups is 3. The predicted molar refractivity (Wildman–Crippen MR) is 195 cm³/mol. The molecule has 0 spiro atoms. The minimum Gasteiger partial charge on any atom is -0.482 e. The first-order chi connectivity index (χ1) is 24.1. The maximum absolute atomic E-state index is 15.0. The number of benzene rings is 3. The van der Waals surface area contributed by atoms with Crippen molar-refractivity contribution >= 4 is 35.4 Å². The number of hydrogen-bond donors (Lipinski definition) is 0. The number of amides is 3. The van der Waals surface area contributed by atoms with E-state index in [2.05, 4.69) is 54.6 Å². The Labute approximate surface area is 294 Å². The van der Waals surface area contributed by atoms with Gasteiger partial charge in [0.25, 0.3) is 5.91 Å². The third-order valence-corrected chi connectivity index (χ3v) is 10.1. The van der Waals surface area contributed by atoms with E-state index < -0.39 is 17.6 Å². The lowest BCUT2D eigenvalue weighted by atomic mass is 9.78. The van der Waals surface area contributed by atoms with Gasteiger partial charge in [0.1, 0.15) is 11.4 Å². The molecule has 2 fully saturated rings. The first-order valence-electron chi connectivity index (χ1n) is 17.9. The van der Waals surface area contributed by atoms with Crippen LogP contribution in [0.15, 0.2) is 66.7 Å². The molecule has 50 heavy (non-hydrogen) atoms. The molecule has 3 aromatic carbocycles. The second-order valence-electron chi connectivity index (χ2n) is 14.8.